The Morgan fingerprint density at radius 1 is 1.23 bits per heavy atom. The molecule has 3 rings (SSSR count). The number of hydrogen-bond donors (Lipinski definition) is 0. The topological polar surface area (TPSA) is 64.4 Å². The fourth-order valence-electron chi connectivity index (χ4n) is 3.54. The lowest BCUT2D eigenvalue weighted by Gasteiger charge is -2.21. The molecule has 1 aromatic heterocycles. The molecule has 0 spiro atoms. The van der Waals surface area contributed by atoms with E-state index >= 15 is 0 Å². The number of hydrogen-bond acceptors (Lipinski definition) is 5. The summed E-state index contributed by atoms with van der Waals surface area (Å²) in [5, 5.41) is 1.09. The number of ether oxygens (including phenoxy) is 1. The van der Waals surface area contributed by atoms with Gasteiger partial charge in [0.2, 0.25) is 5.91 Å². The first-order chi connectivity index (χ1) is 14.8. The number of para-hydroxylation sites is 1. The van der Waals surface area contributed by atoms with Crippen molar-refractivity contribution in [3.8, 4) is 0 Å². The molecule has 0 radical (unpaired) electrons. The summed E-state index contributed by atoms with van der Waals surface area (Å²) >= 11 is 1.29. The van der Waals surface area contributed by atoms with E-state index in [2.05, 4.69) is 37.0 Å². The van der Waals surface area contributed by atoms with E-state index < -0.39 is 0 Å². The number of aryl methyl sites for hydroxylation is 2. The Balaban J connectivity index is 1.81. The number of thioether (sulfide) groups is 1. The molecule has 164 valence electrons. The number of rotatable bonds is 8. The standard InChI is InChI=1S/C24H29N3O3S/c1-16-10-11-19(17(2)12-16)13-26(4)22(28)15-31-24-25-21-9-7-6-8-20(21)23(29)27(24)18(3)14-30-5/h6-12,18H,13-15H2,1-5H3/t18-/m0/s1. The zero-order valence-corrected chi connectivity index (χ0v) is 19.5. The number of amides is 1. The van der Waals surface area contributed by atoms with Crippen molar-refractivity contribution in [3.05, 3.63) is 69.5 Å². The second-order valence-electron chi connectivity index (χ2n) is 7.86. The summed E-state index contributed by atoms with van der Waals surface area (Å²) in [6.07, 6.45) is 0. The smallest absolute Gasteiger partial charge is 0.262 e. The fourth-order valence-corrected chi connectivity index (χ4v) is 4.57. The van der Waals surface area contributed by atoms with Crippen LogP contribution in [0.15, 0.2) is 52.4 Å². The van der Waals surface area contributed by atoms with E-state index in [0.29, 0.717) is 29.2 Å². The highest BCUT2D eigenvalue weighted by Gasteiger charge is 2.19. The molecule has 0 saturated heterocycles. The van der Waals surface area contributed by atoms with Gasteiger partial charge in [-0.3, -0.25) is 14.2 Å². The molecular formula is C24H29N3O3S. The summed E-state index contributed by atoms with van der Waals surface area (Å²) < 4.78 is 6.89. The maximum absolute atomic E-state index is 13.1. The summed E-state index contributed by atoms with van der Waals surface area (Å²) in [5.74, 6) is 0.185. The Hall–Kier alpha value is -2.64. The molecule has 6 nitrogen and oxygen atoms in total. The monoisotopic (exact) mass is 439 g/mol. The molecule has 7 heteroatoms. The lowest BCUT2D eigenvalue weighted by molar-refractivity contribution is -0.127. The molecule has 1 amide bonds. The van der Waals surface area contributed by atoms with E-state index in [1.165, 1.54) is 22.9 Å². The summed E-state index contributed by atoms with van der Waals surface area (Å²) in [6, 6.07) is 13.3. The minimum atomic E-state index is -0.194. The van der Waals surface area contributed by atoms with Crippen molar-refractivity contribution in [1.82, 2.24) is 14.5 Å². The Kier molecular flexibility index (Phi) is 7.51. The van der Waals surface area contributed by atoms with Gasteiger partial charge in [-0.25, -0.2) is 4.98 Å². The van der Waals surface area contributed by atoms with E-state index in [-0.39, 0.29) is 23.3 Å². The zero-order chi connectivity index (χ0) is 22.5. The Labute approximate surface area is 187 Å². The molecule has 0 N–H and O–H groups in total. The van der Waals surface area contributed by atoms with Crippen LogP contribution in [0.1, 0.15) is 29.7 Å². The lowest BCUT2D eigenvalue weighted by atomic mass is 10.1. The molecule has 0 saturated carbocycles. The minimum Gasteiger partial charge on any atom is -0.383 e. The molecule has 1 atom stereocenters. The first-order valence-electron chi connectivity index (χ1n) is 10.2. The molecule has 0 bridgehead atoms. The van der Waals surface area contributed by atoms with Crippen molar-refractivity contribution in [1.29, 1.82) is 0 Å². The molecule has 2 aromatic carbocycles. The summed E-state index contributed by atoms with van der Waals surface area (Å²) in [4.78, 5) is 32.3. The lowest BCUT2D eigenvalue weighted by Crippen LogP contribution is -2.30. The van der Waals surface area contributed by atoms with Gasteiger partial charge in [0.1, 0.15) is 0 Å². The van der Waals surface area contributed by atoms with Crippen LogP contribution in [-0.4, -0.2) is 46.9 Å². The Bertz CT molecular complexity index is 1140. The molecule has 0 unspecified atom stereocenters. The van der Waals surface area contributed by atoms with Gasteiger partial charge in [-0.2, -0.15) is 0 Å². The predicted octanol–water partition coefficient (Wildman–Crippen LogP) is 3.97. The maximum atomic E-state index is 13.1. The van der Waals surface area contributed by atoms with Gasteiger partial charge < -0.3 is 9.64 Å². The molecule has 0 aliphatic heterocycles. The van der Waals surface area contributed by atoms with Gasteiger partial charge in [0.15, 0.2) is 5.16 Å². The first kappa shape index (κ1) is 23.0. The number of benzene rings is 2. The van der Waals surface area contributed by atoms with Crippen molar-refractivity contribution in [2.75, 3.05) is 26.5 Å². The Morgan fingerprint density at radius 2 is 1.97 bits per heavy atom. The third-order valence-corrected chi connectivity index (χ3v) is 6.22. The van der Waals surface area contributed by atoms with Crippen LogP contribution in [0.2, 0.25) is 0 Å². The summed E-state index contributed by atoms with van der Waals surface area (Å²) in [7, 11) is 3.41. The van der Waals surface area contributed by atoms with E-state index in [0.717, 1.165) is 5.56 Å². The van der Waals surface area contributed by atoms with Gasteiger partial charge in [0.25, 0.3) is 5.56 Å². The van der Waals surface area contributed by atoms with Gasteiger partial charge >= 0.3 is 0 Å². The third kappa shape index (κ3) is 5.35. The van der Waals surface area contributed by atoms with E-state index in [1.807, 2.05) is 25.1 Å². The second-order valence-corrected chi connectivity index (χ2v) is 8.80. The van der Waals surface area contributed by atoms with Crippen molar-refractivity contribution in [2.45, 2.75) is 38.5 Å². The van der Waals surface area contributed by atoms with Crippen LogP contribution < -0.4 is 5.56 Å². The van der Waals surface area contributed by atoms with Crippen molar-refractivity contribution >= 4 is 28.6 Å². The first-order valence-corrected chi connectivity index (χ1v) is 11.2. The molecule has 0 fully saturated rings. The van der Waals surface area contributed by atoms with Crippen LogP contribution in [0.25, 0.3) is 10.9 Å². The fraction of sp³-hybridized carbons (Fsp3) is 0.375. The number of carbonyl (C=O) groups is 1. The van der Waals surface area contributed by atoms with Crippen LogP contribution in [0.4, 0.5) is 0 Å². The average Bonchev–Trinajstić information content (AvgIpc) is 2.74. The number of fused-ring (bicyclic) bond motifs is 1. The van der Waals surface area contributed by atoms with Gasteiger partial charge in [0, 0.05) is 20.7 Å². The second kappa shape index (κ2) is 10.1. The van der Waals surface area contributed by atoms with Gasteiger partial charge in [-0.15, -0.1) is 0 Å². The molecule has 0 aliphatic carbocycles. The third-order valence-electron chi connectivity index (χ3n) is 5.28. The quantitative estimate of drug-likeness (QED) is 0.393. The highest BCUT2D eigenvalue weighted by atomic mass is 32.2. The van der Waals surface area contributed by atoms with E-state index in [9.17, 15) is 9.59 Å². The average molecular weight is 440 g/mol. The highest BCUT2D eigenvalue weighted by Crippen LogP contribution is 2.22. The molecule has 3 aromatic rings. The predicted molar refractivity (Wildman–Crippen MR) is 126 cm³/mol. The minimum absolute atomic E-state index is 0.0154. The SMILES string of the molecule is COC[C@H](C)n1c(SCC(=O)N(C)Cc2ccc(C)cc2C)nc2ccccc2c1=O. The Morgan fingerprint density at radius 3 is 2.68 bits per heavy atom. The molecular weight excluding hydrogens is 410 g/mol. The van der Waals surface area contributed by atoms with Gasteiger partial charge in [0.05, 0.1) is 29.3 Å². The van der Waals surface area contributed by atoms with E-state index in [1.54, 1.807) is 29.7 Å². The molecule has 31 heavy (non-hydrogen) atoms. The van der Waals surface area contributed by atoms with Crippen molar-refractivity contribution < 1.29 is 9.53 Å². The van der Waals surface area contributed by atoms with Crippen molar-refractivity contribution in [3.63, 3.8) is 0 Å². The van der Waals surface area contributed by atoms with Crippen LogP contribution in [0, 0.1) is 13.8 Å². The number of carbonyl (C=O) groups excluding carboxylic acids is 1. The van der Waals surface area contributed by atoms with Crippen molar-refractivity contribution in [2.24, 2.45) is 0 Å². The van der Waals surface area contributed by atoms with Crippen LogP contribution in [0.5, 0.6) is 0 Å². The van der Waals surface area contributed by atoms with Gasteiger partial charge in [-0.1, -0.05) is 47.7 Å². The van der Waals surface area contributed by atoms with Crippen LogP contribution in [-0.2, 0) is 16.1 Å². The van der Waals surface area contributed by atoms with Gasteiger partial charge in [-0.05, 0) is 44.0 Å². The molecule has 1 heterocycles. The summed E-state index contributed by atoms with van der Waals surface area (Å²) in [6.45, 7) is 6.96. The normalized spacial score (nSPS) is 12.2. The largest absolute Gasteiger partial charge is 0.383 e. The number of aromatic nitrogens is 2. The van der Waals surface area contributed by atoms with Crippen LogP contribution >= 0.6 is 11.8 Å². The highest BCUT2D eigenvalue weighted by molar-refractivity contribution is 7.99. The zero-order valence-electron chi connectivity index (χ0n) is 18.7. The van der Waals surface area contributed by atoms with E-state index in [4.69, 9.17) is 4.74 Å². The molecule has 0 aliphatic rings. The maximum Gasteiger partial charge on any atom is 0.262 e. The number of nitrogens with zero attached hydrogens (tertiary/aromatic N) is 3. The number of methoxy groups -OCH3 is 1. The van der Waals surface area contributed by atoms with Crippen LogP contribution in [0.3, 0.4) is 0 Å². The summed E-state index contributed by atoms with van der Waals surface area (Å²) in [5.41, 5.74) is 4.02.